The first-order valence-electron chi connectivity index (χ1n) is 7.56. The van der Waals surface area contributed by atoms with Crippen LogP contribution in [-0.2, 0) is 11.8 Å². The molecule has 8 heteroatoms. The number of hydrogen-bond donors (Lipinski definition) is 0. The summed E-state index contributed by atoms with van der Waals surface area (Å²) in [5.74, 6) is -0.336. The molecule has 1 atom stereocenters. The lowest BCUT2D eigenvalue weighted by molar-refractivity contribution is -0.162. The van der Waals surface area contributed by atoms with Gasteiger partial charge in [0, 0.05) is 31.5 Å². The molecule has 3 heterocycles. The molecule has 0 aromatic carbocycles. The third kappa shape index (κ3) is 3.01. The van der Waals surface area contributed by atoms with Crippen LogP contribution in [0.2, 0.25) is 0 Å². The van der Waals surface area contributed by atoms with Gasteiger partial charge in [-0.15, -0.1) is 0 Å². The molecule has 0 N–H and O–H groups in total. The van der Waals surface area contributed by atoms with Crippen LogP contribution >= 0.6 is 0 Å². The van der Waals surface area contributed by atoms with Gasteiger partial charge in [0.05, 0.1) is 30.6 Å². The first-order chi connectivity index (χ1) is 11.4. The van der Waals surface area contributed by atoms with Gasteiger partial charge in [-0.3, -0.25) is 14.5 Å². The summed E-state index contributed by atoms with van der Waals surface area (Å²) >= 11 is 0. The molecule has 0 spiro atoms. The Kier molecular flexibility index (Phi) is 4.31. The van der Waals surface area contributed by atoms with Gasteiger partial charge in [0.2, 0.25) is 0 Å². The number of nitrogens with zero attached hydrogens (tertiary/aromatic N) is 4. The van der Waals surface area contributed by atoms with Crippen molar-refractivity contribution < 1.29 is 18.3 Å². The summed E-state index contributed by atoms with van der Waals surface area (Å²) in [7, 11) is 1.77. The number of amides is 1. The van der Waals surface area contributed by atoms with Gasteiger partial charge in [-0.1, -0.05) is 0 Å². The van der Waals surface area contributed by atoms with Crippen LogP contribution in [0, 0.1) is 0 Å². The Morgan fingerprint density at radius 2 is 2.25 bits per heavy atom. The largest absolute Gasteiger partial charge is 0.366 e. The second-order valence-electron chi connectivity index (χ2n) is 5.99. The predicted molar refractivity (Wildman–Crippen MR) is 82.7 cm³/mol. The monoisotopic (exact) mass is 336 g/mol. The smallest absolute Gasteiger partial charge is 0.268 e. The number of alkyl halides is 2. The van der Waals surface area contributed by atoms with Crippen LogP contribution in [0.4, 0.5) is 8.78 Å². The van der Waals surface area contributed by atoms with E-state index in [2.05, 4.69) is 10.1 Å². The highest BCUT2D eigenvalue weighted by atomic mass is 19.3. The van der Waals surface area contributed by atoms with Crippen LogP contribution in [0.3, 0.4) is 0 Å². The van der Waals surface area contributed by atoms with Crippen LogP contribution in [0.15, 0.2) is 30.7 Å². The summed E-state index contributed by atoms with van der Waals surface area (Å²) in [6.07, 6.45) is 2.28. The molecule has 1 aliphatic heterocycles. The number of aryl methyl sites for hydroxylation is 1. The zero-order valence-corrected chi connectivity index (χ0v) is 13.4. The molecule has 24 heavy (non-hydrogen) atoms. The average molecular weight is 336 g/mol. The van der Waals surface area contributed by atoms with Gasteiger partial charge in [-0.05, 0) is 19.1 Å². The highest BCUT2D eigenvalue weighted by Crippen LogP contribution is 2.28. The topological polar surface area (TPSA) is 60.2 Å². The number of aromatic nitrogens is 3. The lowest BCUT2D eigenvalue weighted by atomic mass is 10.0. The maximum absolute atomic E-state index is 13.2. The van der Waals surface area contributed by atoms with Crippen LogP contribution < -0.4 is 0 Å². The molecule has 6 nitrogen and oxygen atoms in total. The van der Waals surface area contributed by atoms with Crippen molar-refractivity contribution in [3.63, 3.8) is 0 Å². The second-order valence-corrected chi connectivity index (χ2v) is 5.99. The molecule has 1 amide bonds. The van der Waals surface area contributed by atoms with E-state index in [1.165, 1.54) is 11.8 Å². The van der Waals surface area contributed by atoms with E-state index in [1.807, 2.05) is 0 Å². The summed E-state index contributed by atoms with van der Waals surface area (Å²) < 4.78 is 33.2. The van der Waals surface area contributed by atoms with Crippen molar-refractivity contribution in [3.05, 3.63) is 36.3 Å². The summed E-state index contributed by atoms with van der Waals surface area (Å²) in [5, 5.41) is 4.08. The number of morpholine rings is 1. The lowest BCUT2D eigenvalue weighted by Gasteiger charge is -2.39. The van der Waals surface area contributed by atoms with E-state index >= 15 is 0 Å². The summed E-state index contributed by atoms with van der Waals surface area (Å²) in [6.45, 7) is 1.50. The Balaban J connectivity index is 1.91. The molecule has 2 aromatic rings. The Labute approximate surface area is 138 Å². The Morgan fingerprint density at radius 1 is 1.46 bits per heavy atom. The highest BCUT2D eigenvalue weighted by Gasteiger charge is 2.42. The van der Waals surface area contributed by atoms with Gasteiger partial charge >= 0.3 is 0 Å². The van der Waals surface area contributed by atoms with E-state index in [0.717, 1.165) is 0 Å². The fourth-order valence-electron chi connectivity index (χ4n) is 2.72. The first kappa shape index (κ1) is 16.5. The standard InChI is InChI=1S/C16H18F2N4O2/c1-16(15(17)18)10-22(6-7-24-16)14(23)12-4-3-5-19-13(12)11-8-20-21(2)9-11/h3-5,8-9,15H,6-7,10H2,1-2H3. The van der Waals surface area contributed by atoms with Gasteiger partial charge in [0.15, 0.2) is 0 Å². The number of carbonyl (C=O) groups excluding carboxylic acids is 1. The highest BCUT2D eigenvalue weighted by molar-refractivity contribution is 5.99. The van der Waals surface area contributed by atoms with Crippen molar-refractivity contribution in [2.24, 2.45) is 7.05 Å². The number of rotatable bonds is 3. The van der Waals surface area contributed by atoms with Gasteiger partial charge in [-0.25, -0.2) is 8.78 Å². The normalized spacial score (nSPS) is 21.3. The van der Waals surface area contributed by atoms with E-state index in [-0.39, 0.29) is 25.6 Å². The average Bonchev–Trinajstić information content (AvgIpc) is 3.00. The molecule has 0 radical (unpaired) electrons. The summed E-state index contributed by atoms with van der Waals surface area (Å²) in [4.78, 5) is 18.5. The third-order valence-electron chi connectivity index (χ3n) is 4.06. The van der Waals surface area contributed by atoms with Crippen LogP contribution in [0.25, 0.3) is 11.3 Å². The molecule has 2 aromatic heterocycles. The molecule has 1 aliphatic rings. The van der Waals surface area contributed by atoms with Crippen LogP contribution in [0.1, 0.15) is 17.3 Å². The van der Waals surface area contributed by atoms with Gasteiger partial charge in [0.25, 0.3) is 12.3 Å². The minimum atomic E-state index is -2.67. The maximum atomic E-state index is 13.2. The summed E-state index contributed by atoms with van der Waals surface area (Å²) in [5.41, 5.74) is -0.0962. The van der Waals surface area contributed by atoms with Crippen molar-refractivity contribution in [1.29, 1.82) is 0 Å². The minimum Gasteiger partial charge on any atom is -0.366 e. The fraction of sp³-hybridized carbons (Fsp3) is 0.438. The number of hydrogen-bond acceptors (Lipinski definition) is 4. The fourth-order valence-corrected chi connectivity index (χ4v) is 2.72. The Morgan fingerprint density at radius 3 is 2.92 bits per heavy atom. The summed E-state index contributed by atoms with van der Waals surface area (Å²) in [6, 6.07) is 3.30. The van der Waals surface area contributed by atoms with E-state index in [0.29, 0.717) is 16.8 Å². The number of carbonyl (C=O) groups is 1. The molecule has 3 rings (SSSR count). The van der Waals surface area contributed by atoms with E-state index < -0.39 is 12.0 Å². The van der Waals surface area contributed by atoms with Crippen molar-refractivity contribution in [2.75, 3.05) is 19.7 Å². The molecule has 1 fully saturated rings. The van der Waals surface area contributed by atoms with Gasteiger partial charge in [0.1, 0.15) is 5.60 Å². The molecule has 0 saturated carbocycles. The molecular formula is C16H18F2N4O2. The minimum absolute atomic E-state index is 0.0784. The first-order valence-corrected chi connectivity index (χ1v) is 7.56. The van der Waals surface area contributed by atoms with Crippen molar-refractivity contribution >= 4 is 5.91 Å². The van der Waals surface area contributed by atoms with Gasteiger partial charge in [-0.2, -0.15) is 5.10 Å². The van der Waals surface area contributed by atoms with Gasteiger partial charge < -0.3 is 9.64 Å². The maximum Gasteiger partial charge on any atom is 0.268 e. The van der Waals surface area contributed by atoms with Crippen molar-refractivity contribution in [1.82, 2.24) is 19.7 Å². The molecule has 0 bridgehead atoms. The van der Waals surface area contributed by atoms with Crippen molar-refractivity contribution in [3.8, 4) is 11.3 Å². The van der Waals surface area contributed by atoms with Crippen molar-refractivity contribution in [2.45, 2.75) is 19.0 Å². The SMILES string of the molecule is Cn1cc(-c2ncccc2C(=O)N2CCOC(C)(C(F)F)C2)cn1. The lowest BCUT2D eigenvalue weighted by Crippen LogP contribution is -2.55. The Bertz CT molecular complexity index is 749. The quantitative estimate of drug-likeness (QED) is 0.860. The third-order valence-corrected chi connectivity index (χ3v) is 4.06. The molecular weight excluding hydrogens is 318 g/mol. The molecule has 1 unspecified atom stereocenters. The van der Waals surface area contributed by atoms with E-state index in [1.54, 1.807) is 42.5 Å². The van der Waals surface area contributed by atoms with Crippen LogP contribution in [0.5, 0.6) is 0 Å². The zero-order valence-electron chi connectivity index (χ0n) is 13.4. The second kappa shape index (κ2) is 6.27. The predicted octanol–water partition coefficient (Wildman–Crippen LogP) is 1.98. The Hall–Kier alpha value is -2.35. The molecule has 1 saturated heterocycles. The molecule has 128 valence electrons. The number of halogens is 2. The molecule has 0 aliphatic carbocycles. The van der Waals surface area contributed by atoms with Crippen LogP contribution in [-0.4, -0.2) is 57.3 Å². The van der Waals surface area contributed by atoms with E-state index in [4.69, 9.17) is 4.74 Å². The zero-order chi connectivity index (χ0) is 17.3. The number of pyridine rings is 1. The number of ether oxygens (including phenoxy) is 1. The van der Waals surface area contributed by atoms with E-state index in [9.17, 15) is 13.6 Å².